The molecule has 0 radical (unpaired) electrons. The van der Waals surface area contributed by atoms with Crippen LogP contribution < -0.4 is 0 Å². The monoisotopic (exact) mass is 482 g/mol. The molecule has 2 N–H and O–H groups in total. The first-order valence-corrected chi connectivity index (χ1v) is 15.0. The van der Waals surface area contributed by atoms with Crippen LogP contribution in [0.15, 0.2) is 0 Å². The van der Waals surface area contributed by atoms with E-state index in [-0.39, 0.29) is 24.9 Å². The molecule has 0 saturated carbocycles. The Morgan fingerprint density at radius 3 is 1.77 bits per heavy atom. The van der Waals surface area contributed by atoms with Gasteiger partial charge in [0, 0.05) is 5.92 Å². The van der Waals surface area contributed by atoms with Crippen molar-refractivity contribution in [2.24, 2.45) is 5.92 Å². The Balaban J connectivity index is 3.61. The van der Waals surface area contributed by atoms with Gasteiger partial charge in [0.25, 0.3) is 0 Å². The van der Waals surface area contributed by atoms with E-state index in [0.717, 1.165) is 12.2 Å². The quantitative estimate of drug-likeness (QED) is 0.0931. The molecule has 1 unspecified atom stereocenters. The van der Waals surface area contributed by atoms with Crippen molar-refractivity contribution >= 4 is 25.6 Å². The molecule has 0 aliphatic rings. The standard InChI is InChI=1S/C23H47O6PS/c1-3-5-6-7-8-9-10-11-12-13-14-15-16-17-18-31-21-22(19-23(24)28-4-2)20-29-30(25,26)27/h22H,3-21H2,1-2H3,(H2,25,26,27). The molecular formula is C23H47O6PS. The molecular weight excluding hydrogens is 435 g/mol. The third kappa shape index (κ3) is 24.4. The Hall–Kier alpha value is -0.0700. The maximum atomic E-state index is 11.7. The molecule has 0 aliphatic carbocycles. The summed E-state index contributed by atoms with van der Waals surface area (Å²) in [6, 6.07) is 0. The van der Waals surface area contributed by atoms with Gasteiger partial charge in [-0.2, -0.15) is 11.8 Å². The fourth-order valence-electron chi connectivity index (χ4n) is 3.47. The van der Waals surface area contributed by atoms with Crippen LogP contribution in [0, 0.1) is 5.92 Å². The predicted octanol–water partition coefficient (Wildman–Crippen LogP) is 6.88. The molecule has 0 amide bonds. The maximum absolute atomic E-state index is 11.7. The number of unbranched alkanes of at least 4 members (excludes halogenated alkanes) is 13. The highest BCUT2D eigenvalue weighted by molar-refractivity contribution is 7.99. The van der Waals surface area contributed by atoms with Crippen molar-refractivity contribution in [3.05, 3.63) is 0 Å². The lowest BCUT2D eigenvalue weighted by Crippen LogP contribution is -2.18. The molecule has 8 heteroatoms. The number of carbonyl (C=O) groups excluding carboxylic acids is 1. The lowest BCUT2D eigenvalue weighted by molar-refractivity contribution is -0.144. The Bertz CT molecular complexity index is 457. The minimum Gasteiger partial charge on any atom is -0.466 e. The number of carbonyl (C=O) groups is 1. The van der Waals surface area contributed by atoms with Gasteiger partial charge >= 0.3 is 13.8 Å². The summed E-state index contributed by atoms with van der Waals surface area (Å²) in [5, 5.41) is 0. The minimum absolute atomic E-state index is 0.125. The van der Waals surface area contributed by atoms with Gasteiger partial charge < -0.3 is 14.5 Å². The summed E-state index contributed by atoms with van der Waals surface area (Å²) in [5.41, 5.74) is 0. The first kappa shape index (κ1) is 30.9. The molecule has 0 aromatic rings. The zero-order valence-electron chi connectivity index (χ0n) is 19.9. The highest BCUT2D eigenvalue weighted by Crippen LogP contribution is 2.37. The number of phosphoric acid groups is 1. The number of phosphoric ester groups is 1. The van der Waals surface area contributed by atoms with Crippen LogP contribution in [0.1, 0.15) is 110 Å². The van der Waals surface area contributed by atoms with Gasteiger partial charge in [-0.3, -0.25) is 9.32 Å². The first-order chi connectivity index (χ1) is 14.9. The van der Waals surface area contributed by atoms with Gasteiger partial charge in [0.1, 0.15) is 0 Å². The van der Waals surface area contributed by atoms with Gasteiger partial charge in [0.15, 0.2) is 0 Å². The number of esters is 1. The van der Waals surface area contributed by atoms with Crippen molar-refractivity contribution in [2.45, 2.75) is 110 Å². The molecule has 0 bridgehead atoms. The van der Waals surface area contributed by atoms with Crippen molar-refractivity contribution in [3.8, 4) is 0 Å². The average Bonchev–Trinajstić information content (AvgIpc) is 2.71. The molecule has 0 saturated heterocycles. The van der Waals surface area contributed by atoms with E-state index in [9.17, 15) is 9.36 Å². The molecule has 1 atom stereocenters. The van der Waals surface area contributed by atoms with Crippen LogP contribution in [0.5, 0.6) is 0 Å². The van der Waals surface area contributed by atoms with Crippen LogP contribution >= 0.6 is 19.6 Å². The van der Waals surface area contributed by atoms with Crippen LogP contribution in [-0.2, 0) is 18.6 Å². The van der Waals surface area contributed by atoms with Gasteiger partial charge in [-0.25, -0.2) is 4.57 Å². The first-order valence-electron chi connectivity index (χ1n) is 12.3. The topological polar surface area (TPSA) is 93.1 Å². The number of hydrogen-bond donors (Lipinski definition) is 2. The molecule has 0 heterocycles. The van der Waals surface area contributed by atoms with Gasteiger partial charge in [0.2, 0.25) is 0 Å². The summed E-state index contributed by atoms with van der Waals surface area (Å²) in [6.45, 7) is 4.17. The summed E-state index contributed by atoms with van der Waals surface area (Å²) in [5.74, 6) is 1.03. The van der Waals surface area contributed by atoms with E-state index in [0.29, 0.717) is 12.4 Å². The fourth-order valence-corrected chi connectivity index (χ4v) is 5.00. The highest BCUT2D eigenvalue weighted by atomic mass is 32.2. The summed E-state index contributed by atoms with van der Waals surface area (Å²) < 4.78 is 20.5. The van der Waals surface area contributed by atoms with Gasteiger partial charge in [-0.15, -0.1) is 0 Å². The van der Waals surface area contributed by atoms with E-state index in [4.69, 9.17) is 14.5 Å². The summed E-state index contributed by atoms with van der Waals surface area (Å²) in [6.07, 6.45) is 18.8. The second-order valence-corrected chi connectivity index (χ2v) is 10.7. The van der Waals surface area contributed by atoms with E-state index in [1.807, 2.05) is 0 Å². The van der Waals surface area contributed by atoms with Crippen LogP contribution in [0.4, 0.5) is 0 Å². The minimum atomic E-state index is -4.52. The second-order valence-electron chi connectivity index (χ2n) is 8.33. The zero-order valence-corrected chi connectivity index (χ0v) is 21.6. The van der Waals surface area contributed by atoms with Gasteiger partial charge in [-0.1, -0.05) is 90.4 Å². The van der Waals surface area contributed by atoms with Gasteiger partial charge in [0.05, 0.1) is 19.6 Å². The van der Waals surface area contributed by atoms with Crippen LogP contribution in [0.3, 0.4) is 0 Å². The SMILES string of the molecule is CCCCCCCCCCCCCCCCSCC(COP(=O)(O)O)CC(=O)OCC. The number of ether oxygens (including phenoxy) is 1. The maximum Gasteiger partial charge on any atom is 0.469 e. The molecule has 0 spiro atoms. The van der Waals surface area contributed by atoms with Crippen LogP contribution in [0.2, 0.25) is 0 Å². The largest absolute Gasteiger partial charge is 0.469 e. The molecule has 0 aromatic heterocycles. The van der Waals surface area contributed by atoms with Crippen molar-refractivity contribution in [2.75, 3.05) is 24.7 Å². The van der Waals surface area contributed by atoms with Crippen molar-refractivity contribution in [3.63, 3.8) is 0 Å². The van der Waals surface area contributed by atoms with Crippen molar-refractivity contribution in [1.82, 2.24) is 0 Å². The van der Waals surface area contributed by atoms with Gasteiger partial charge in [-0.05, 0) is 24.9 Å². The normalized spacial score (nSPS) is 12.8. The third-order valence-corrected chi connectivity index (χ3v) is 7.00. The Labute approximate surface area is 194 Å². The Morgan fingerprint density at radius 2 is 1.32 bits per heavy atom. The third-order valence-electron chi connectivity index (χ3n) is 5.23. The summed E-state index contributed by atoms with van der Waals surface area (Å²) in [4.78, 5) is 29.4. The van der Waals surface area contributed by atoms with Crippen molar-refractivity contribution in [1.29, 1.82) is 0 Å². The number of hydrogen-bond acceptors (Lipinski definition) is 5. The smallest absolute Gasteiger partial charge is 0.466 e. The highest BCUT2D eigenvalue weighted by Gasteiger charge is 2.21. The molecule has 0 rings (SSSR count). The average molecular weight is 483 g/mol. The van der Waals surface area contributed by atoms with E-state index < -0.39 is 7.82 Å². The predicted molar refractivity (Wildman–Crippen MR) is 130 cm³/mol. The lowest BCUT2D eigenvalue weighted by atomic mass is 10.0. The lowest BCUT2D eigenvalue weighted by Gasteiger charge is -2.16. The fraction of sp³-hybridized carbons (Fsp3) is 0.957. The molecule has 6 nitrogen and oxygen atoms in total. The molecule has 31 heavy (non-hydrogen) atoms. The van der Waals surface area contributed by atoms with E-state index in [1.54, 1.807) is 18.7 Å². The Kier molecular flexibility index (Phi) is 21.7. The van der Waals surface area contributed by atoms with E-state index in [1.165, 1.54) is 83.5 Å². The second kappa shape index (κ2) is 21.8. The Morgan fingerprint density at radius 1 is 0.839 bits per heavy atom. The van der Waals surface area contributed by atoms with Crippen molar-refractivity contribution < 1.29 is 28.4 Å². The molecule has 0 aromatic carbocycles. The molecule has 0 fully saturated rings. The summed E-state index contributed by atoms with van der Waals surface area (Å²) >= 11 is 1.72. The van der Waals surface area contributed by atoms with Crippen LogP contribution in [-0.4, -0.2) is 40.5 Å². The van der Waals surface area contributed by atoms with Crippen LogP contribution in [0.25, 0.3) is 0 Å². The number of thioether (sulfide) groups is 1. The summed E-state index contributed by atoms with van der Waals surface area (Å²) in [7, 11) is -4.52. The van der Waals surface area contributed by atoms with E-state index >= 15 is 0 Å². The zero-order chi connectivity index (χ0) is 23.2. The van der Waals surface area contributed by atoms with E-state index in [2.05, 4.69) is 11.4 Å². The molecule has 186 valence electrons. The number of rotatable bonds is 23. The molecule has 0 aliphatic heterocycles.